The molecule has 0 aliphatic carbocycles. The van der Waals surface area contributed by atoms with Crippen molar-refractivity contribution in [3.8, 4) is 0 Å². The van der Waals surface area contributed by atoms with Crippen molar-refractivity contribution in [2.45, 2.75) is 27.2 Å². The maximum Gasteiger partial charge on any atom is 0.224 e. The molecule has 0 aliphatic heterocycles. The van der Waals surface area contributed by atoms with Gasteiger partial charge in [0, 0.05) is 32.9 Å². The third kappa shape index (κ3) is 4.18. The van der Waals surface area contributed by atoms with Gasteiger partial charge in [-0.1, -0.05) is 37.0 Å². The van der Waals surface area contributed by atoms with E-state index >= 15 is 0 Å². The van der Waals surface area contributed by atoms with E-state index in [1.807, 2.05) is 20.8 Å². The molecule has 1 aromatic heterocycles. The number of nitrogens with one attached hydrogen (secondary N) is 2. The fourth-order valence-corrected chi connectivity index (χ4v) is 3.25. The lowest BCUT2D eigenvalue weighted by Gasteiger charge is -2.09. The summed E-state index contributed by atoms with van der Waals surface area (Å²) in [5.41, 5.74) is 2.80. The molecule has 2 N–H and O–H groups in total. The number of aromatic amines is 1. The van der Waals surface area contributed by atoms with Gasteiger partial charge in [-0.15, -0.1) is 0 Å². The highest BCUT2D eigenvalue weighted by molar-refractivity contribution is 6.32. The number of carbonyl (C=O) groups is 2. The van der Waals surface area contributed by atoms with Crippen LogP contribution in [0.25, 0.3) is 10.9 Å². The van der Waals surface area contributed by atoms with Crippen LogP contribution in [0.3, 0.4) is 0 Å². The van der Waals surface area contributed by atoms with E-state index in [1.165, 1.54) is 0 Å². The van der Waals surface area contributed by atoms with Crippen molar-refractivity contribution >= 4 is 51.5 Å². The lowest BCUT2D eigenvalue weighted by atomic mass is 10.0. The van der Waals surface area contributed by atoms with E-state index in [0.717, 1.165) is 10.9 Å². The highest BCUT2D eigenvalue weighted by Gasteiger charge is 2.21. The monoisotopic (exact) mass is 402 g/mol. The minimum Gasteiger partial charge on any atom is -0.350 e. The molecule has 1 heterocycles. The van der Waals surface area contributed by atoms with Crippen LogP contribution in [0.4, 0.5) is 5.69 Å². The number of carbonyl (C=O) groups excluding carboxylic acids is 2. The Kier molecular flexibility index (Phi) is 5.59. The third-order valence-corrected chi connectivity index (χ3v) is 4.93. The van der Waals surface area contributed by atoms with E-state index in [-0.39, 0.29) is 17.6 Å². The van der Waals surface area contributed by atoms with E-state index in [4.69, 9.17) is 23.2 Å². The Bertz CT molecular complexity index is 1040. The fraction of sp³-hybridized carbons (Fsp3) is 0.238. The molecule has 1 amide bonds. The van der Waals surface area contributed by atoms with Gasteiger partial charge in [0.1, 0.15) is 5.69 Å². The van der Waals surface area contributed by atoms with Gasteiger partial charge >= 0.3 is 0 Å². The fourth-order valence-electron chi connectivity index (χ4n) is 2.96. The zero-order valence-corrected chi connectivity index (χ0v) is 16.8. The maximum absolute atomic E-state index is 13.1. The van der Waals surface area contributed by atoms with E-state index in [2.05, 4.69) is 10.3 Å². The first-order valence-electron chi connectivity index (χ1n) is 8.68. The van der Waals surface area contributed by atoms with Gasteiger partial charge < -0.3 is 10.3 Å². The first kappa shape index (κ1) is 19.5. The van der Waals surface area contributed by atoms with Crippen LogP contribution >= 0.6 is 23.2 Å². The first-order valence-corrected chi connectivity index (χ1v) is 9.43. The SMILES string of the molecule is Cc1cc(C(=O)c2[nH]c3cc(Cl)ccc3c2NC(=O)CC(C)C)ccc1Cl. The van der Waals surface area contributed by atoms with Gasteiger partial charge in [-0.3, -0.25) is 9.59 Å². The number of aromatic nitrogens is 1. The molecule has 6 heteroatoms. The molecule has 2 aromatic carbocycles. The molecule has 3 aromatic rings. The van der Waals surface area contributed by atoms with Crippen LogP contribution in [-0.4, -0.2) is 16.7 Å². The first-order chi connectivity index (χ1) is 12.8. The molecule has 0 fully saturated rings. The summed E-state index contributed by atoms with van der Waals surface area (Å²) in [6.07, 6.45) is 0.369. The summed E-state index contributed by atoms with van der Waals surface area (Å²) in [5, 5.41) is 4.79. The van der Waals surface area contributed by atoms with Crippen LogP contribution in [0.15, 0.2) is 36.4 Å². The number of anilines is 1. The molecule has 0 unspecified atom stereocenters. The van der Waals surface area contributed by atoms with E-state index in [9.17, 15) is 9.59 Å². The Hall–Kier alpha value is -2.30. The van der Waals surface area contributed by atoms with Gasteiger partial charge in [-0.2, -0.15) is 0 Å². The van der Waals surface area contributed by atoms with Crippen molar-refractivity contribution in [3.05, 3.63) is 63.3 Å². The molecular weight excluding hydrogens is 383 g/mol. The second-order valence-electron chi connectivity index (χ2n) is 7.00. The Morgan fingerprint density at radius 2 is 1.85 bits per heavy atom. The average molecular weight is 403 g/mol. The summed E-state index contributed by atoms with van der Waals surface area (Å²) >= 11 is 12.2. The molecule has 0 radical (unpaired) electrons. The molecule has 0 bridgehead atoms. The van der Waals surface area contributed by atoms with Gasteiger partial charge in [0.05, 0.1) is 5.69 Å². The zero-order valence-electron chi connectivity index (χ0n) is 15.3. The third-order valence-electron chi connectivity index (χ3n) is 4.27. The summed E-state index contributed by atoms with van der Waals surface area (Å²) in [6.45, 7) is 5.78. The van der Waals surface area contributed by atoms with Gasteiger partial charge in [0.2, 0.25) is 11.7 Å². The average Bonchev–Trinajstić information content (AvgIpc) is 2.93. The topological polar surface area (TPSA) is 62.0 Å². The van der Waals surface area contributed by atoms with Crippen LogP contribution in [-0.2, 0) is 4.79 Å². The number of ketones is 1. The van der Waals surface area contributed by atoms with Crippen molar-refractivity contribution in [2.75, 3.05) is 5.32 Å². The quantitative estimate of drug-likeness (QED) is 0.514. The number of aryl methyl sites for hydroxylation is 1. The molecule has 4 nitrogen and oxygen atoms in total. The van der Waals surface area contributed by atoms with E-state index in [1.54, 1.807) is 36.4 Å². The van der Waals surface area contributed by atoms with Crippen molar-refractivity contribution in [3.63, 3.8) is 0 Å². The van der Waals surface area contributed by atoms with Gasteiger partial charge in [-0.05, 0) is 54.8 Å². The normalized spacial score (nSPS) is 11.2. The molecule has 3 rings (SSSR count). The Labute approximate surface area is 167 Å². The maximum atomic E-state index is 13.1. The van der Waals surface area contributed by atoms with Crippen molar-refractivity contribution < 1.29 is 9.59 Å². The number of amides is 1. The summed E-state index contributed by atoms with van der Waals surface area (Å²) in [5.74, 6) is -0.146. The molecule has 0 saturated heterocycles. The number of hydrogen-bond donors (Lipinski definition) is 2. The lowest BCUT2D eigenvalue weighted by molar-refractivity contribution is -0.116. The number of halogens is 2. The van der Waals surface area contributed by atoms with Crippen molar-refractivity contribution in [2.24, 2.45) is 5.92 Å². The smallest absolute Gasteiger partial charge is 0.224 e. The van der Waals surface area contributed by atoms with Crippen LogP contribution in [0.1, 0.15) is 41.9 Å². The molecule has 0 spiro atoms. The molecule has 140 valence electrons. The lowest BCUT2D eigenvalue weighted by Crippen LogP contribution is -2.16. The van der Waals surface area contributed by atoms with Crippen molar-refractivity contribution in [1.82, 2.24) is 4.98 Å². The van der Waals surface area contributed by atoms with E-state index < -0.39 is 0 Å². The van der Waals surface area contributed by atoms with Crippen LogP contribution in [0.2, 0.25) is 10.0 Å². The summed E-state index contributed by atoms with van der Waals surface area (Å²) in [7, 11) is 0. The van der Waals surface area contributed by atoms with Gasteiger partial charge in [0.25, 0.3) is 0 Å². The summed E-state index contributed by atoms with van der Waals surface area (Å²) in [4.78, 5) is 28.6. The molecule has 0 saturated carbocycles. The summed E-state index contributed by atoms with van der Waals surface area (Å²) < 4.78 is 0. The number of H-pyrrole nitrogens is 1. The highest BCUT2D eigenvalue weighted by Crippen LogP contribution is 2.32. The second-order valence-corrected chi connectivity index (χ2v) is 7.85. The zero-order chi connectivity index (χ0) is 19.7. The number of hydrogen-bond acceptors (Lipinski definition) is 2. The van der Waals surface area contributed by atoms with Gasteiger partial charge in [0.15, 0.2) is 0 Å². The molecule has 27 heavy (non-hydrogen) atoms. The standard InChI is InChI=1S/C21H20Cl2N2O2/c1-11(2)8-18(26)25-19-15-6-5-14(22)10-17(15)24-20(19)21(27)13-4-7-16(23)12(3)9-13/h4-7,9-11,24H,8H2,1-3H3,(H,25,26). The highest BCUT2D eigenvalue weighted by atomic mass is 35.5. The summed E-state index contributed by atoms with van der Waals surface area (Å²) in [6, 6.07) is 10.4. The molecule has 0 aliphatic rings. The Morgan fingerprint density at radius 3 is 2.52 bits per heavy atom. The van der Waals surface area contributed by atoms with E-state index in [0.29, 0.717) is 38.9 Å². The van der Waals surface area contributed by atoms with Crippen LogP contribution in [0.5, 0.6) is 0 Å². The molecule has 0 atom stereocenters. The predicted molar refractivity (Wildman–Crippen MR) is 111 cm³/mol. The van der Waals surface area contributed by atoms with Crippen molar-refractivity contribution in [1.29, 1.82) is 0 Å². The number of fused-ring (bicyclic) bond motifs is 1. The Morgan fingerprint density at radius 1 is 1.11 bits per heavy atom. The van der Waals surface area contributed by atoms with Crippen LogP contribution in [0, 0.1) is 12.8 Å². The number of rotatable bonds is 5. The minimum absolute atomic E-state index is 0.137. The van der Waals surface area contributed by atoms with Crippen LogP contribution < -0.4 is 5.32 Å². The predicted octanol–water partition coefficient (Wildman–Crippen LogP) is 6.00. The molecular formula is C21H20Cl2N2O2. The van der Waals surface area contributed by atoms with Gasteiger partial charge in [-0.25, -0.2) is 0 Å². The Balaban J connectivity index is 2.09. The largest absolute Gasteiger partial charge is 0.350 e. The second kappa shape index (κ2) is 7.75. The number of benzene rings is 2. The minimum atomic E-state index is -0.220.